The summed E-state index contributed by atoms with van der Waals surface area (Å²) in [7, 11) is 0. The van der Waals surface area contributed by atoms with Crippen LogP contribution in [0.4, 0.5) is 11.4 Å². The third kappa shape index (κ3) is 2.80. The molecular formula is C13H19N3O3. The molecule has 0 aromatic heterocycles. The molecule has 2 unspecified atom stereocenters. The fraction of sp³-hybridized carbons (Fsp3) is 0.462. The van der Waals surface area contributed by atoms with Gasteiger partial charge in [0.2, 0.25) is 0 Å². The Morgan fingerprint density at radius 1 is 1.42 bits per heavy atom. The van der Waals surface area contributed by atoms with E-state index in [1.807, 2.05) is 6.92 Å². The van der Waals surface area contributed by atoms with Crippen LogP contribution in [0.15, 0.2) is 18.2 Å². The average Bonchev–Trinajstić information content (AvgIpc) is 2.69. The maximum absolute atomic E-state index is 12.0. The number of anilines is 2. The zero-order valence-electron chi connectivity index (χ0n) is 10.8. The minimum Gasteiger partial charge on any atom is -0.399 e. The van der Waals surface area contributed by atoms with Crippen molar-refractivity contribution in [1.29, 1.82) is 0 Å². The second-order valence-electron chi connectivity index (χ2n) is 4.68. The fourth-order valence-electron chi connectivity index (χ4n) is 2.22. The first-order valence-electron chi connectivity index (χ1n) is 6.31. The van der Waals surface area contributed by atoms with E-state index >= 15 is 0 Å². The average molecular weight is 265 g/mol. The number of nitrogens with one attached hydrogen (secondary N) is 1. The normalized spacial score (nSPS) is 22.6. The molecule has 6 nitrogen and oxygen atoms in total. The van der Waals surface area contributed by atoms with Crippen LogP contribution in [0.2, 0.25) is 0 Å². The molecule has 0 aliphatic carbocycles. The molecule has 0 radical (unpaired) electrons. The molecule has 1 amide bonds. The molecule has 1 aromatic rings. The summed E-state index contributed by atoms with van der Waals surface area (Å²) in [5, 5.41) is 22.0. The van der Waals surface area contributed by atoms with E-state index in [4.69, 9.17) is 5.73 Å². The Hall–Kier alpha value is -1.79. The number of amides is 1. The number of nitrogen functional groups attached to an aromatic ring is 1. The van der Waals surface area contributed by atoms with Gasteiger partial charge in [-0.2, -0.15) is 0 Å². The van der Waals surface area contributed by atoms with Crippen molar-refractivity contribution < 1.29 is 15.0 Å². The summed E-state index contributed by atoms with van der Waals surface area (Å²) in [6.45, 7) is 2.96. The molecule has 1 heterocycles. The molecule has 1 fully saturated rings. The van der Waals surface area contributed by atoms with Crippen molar-refractivity contribution >= 4 is 17.3 Å². The molecule has 1 aliphatic rings. The third-order valence-corrected chi connectivity index (χ3v) is 3.20. The number of aliphatic hydroxyl groups is 2. The predicted octanol–water partition coefficient (Wildman–Crippen LogP) is -0.440. The van der Waals surface area contributed by atoms with Crippen LogP contribution in [0, 0.1) is 0 Å². The Morgan fingerprint density at radius 3 is 2.63 bits per heavy atom. The largest absolute Gasteiger partial charge is 0.399 e. The van der Waals surface area contributed by atoms with Gasteiger partial charge in [0, 0.05) is 25.3 Å². The van der Waals surface area contributed by atoms with Gasteiger partial charge in [-0.05, 0) is 25.1 Å². The highest BCUT2D eigenvalue weighted by atomic mass is 16.3. The molecule has 1 saturated heterocycles. The van der Waals surface area contributed by atoms with Gasteiger partial charge in [-0.1, -0.05) is 0 Å². The van der Waals surface area contributed by atoms with Gasteiger partial charge in [-0.15, -0.1) is 0 Å². The molecule has 0 spiro atoms. The van der Waals surface area contributed by atoms with Crippen molar-refractivity contribution in [2.45, 2.75) is 19.1 Å². The summed E-state index contributed by atoms with van der Waals surface area (Å²) in [5.41, 5.74) is 7.43. The monoisotopic (exact) mass is 265 g/mol. The molecule has 0 saturated carbocycles. The highest BCUT2D eigenvalue weighted by Gasteiger charge is 2.31. The molecular weight excluding hydrogens is 246 g/mol. The lowest BCUT2D eigenvalue weighted by Crippen LogP contribution is -2.28. The lowest BCUT2D eigenvalue weighted by molar-refractivity contribution is 0.0572. The van der Waals surface area contributed by atoms with Gasteiger partial charge >= 0.3 is 0 Å². The quantitative estimate of drug-likeness (QED) is 0.555. The minimum atomic E-state index is -0.802. The van der Waals surface area contributed by atoms with E-state index in [0.717, 1.165) is 0 Å². The van der Waals surface area contributed by atoms with Crippen LogP contribution < -0.4 is 16.0 Å². The van der Waals surface area contributed by atoms with Crippen molar-refractivity contribution in [3.8, 4) is 0 Å². The second-order valence-corrected chi connectivity index (χ2v) is 4.68. The first-order chi connectivity index (χ1) is 9.02. The summed E-state index contributed by atoms with van der Waals surface area (Å²) in [6, 6.07) is 5.01. The van der Waals surface area contributed by atoms with Crippen molar-refractivity contribution in [2.75, 3.05) is 30.3 Å². The first-order valence-corrected chi connectivity index (χ1v) is 6.31. The number of hydrogen-bond donors (Lipinski definition) is 4. The Morgan fingerprint density at radius 2 is 2.05 bits per heavy atom. The number of nitrogens with two attached hydrogens (primary N) is 1. The number of aliphatic hydroxyl groups excluding tert-OH is 2. The Balaban J connectivity index is 2.33. The van der Waals surface area contributed by atoms with E-state index in [1.165, 1.54) is 0 Å². The number of β-amino-alcohol motifs (C(OH)–C–C–N with tert-alkyl or cyclic N) is 2. The molecule has 2 rings (SSSR count). The molecule has 5 N–H and O–H groups in total. The SMILES string of the molecule is CCNC(=O)c1ccc(N)cc1N1CC(O)C(O)C1. The van der Waals surface area contributed by atoms with Crippen LogP contribution in [0.5, 0.6) is 0 Å². The summed E-state index contributed by atoms with van der Waals surface area (Å²) in [4.78, 5) is 13.8. The van der Waals surface area contributed by atoms with E-state index in [9.17, 15) is 15.0 Å². The molecule has 1 aromatic carbocycles. The Bertz CT molecular complexity index is 468. The van der Waals surface area contributed by atoms with Gasteiger partial charge in [0.05, 0.1) is 23.5 Å². The van der Waals surface area contributed by atoms with E-state index in [2.05, 4.69) is 5.32 Å². The van der Waals surface area contributed by atoms with Crippen LogP contribution in [-0.2, 0) is 0 Å². The van der Waals surface area contributed by atoms with E-state index in [0.29, 0.717) is 23.5 Å². The van der Waals surface area contributed by atoms with Crippen molar-refractivity contribution in [3.05, 3.63) is 23.8 Å². The highest BCUT2D eigenvalue weighted by molar-refractivity contribution is 6.00. The lowest BCUT2D eigenvalue weighted by Gasteiger charge is -2.21. The van der Waals surface area contributed by atoms with Crippen LogP contribution in [0.25, 0.3) is 0 Å². The molecule has 0 bridgehead atoms. The fourth-order valence-corrected chi connectivity index (χ4v) is 2.22. The topological polar surface area (TPSA) is 98.8 Å². The maximum atomic E-state index is 12.0. The predicted molar refractivity (Wildman–Crippen MR) is 73.1 cm³/mol. The van der Waals surface area contributed by atoms with Gasteiger partial charge in [0.15, 0.2) is 0 Å². The van der Waals surface area contributed by atoms with E-state index < -0.39 is 12.2 Å². The summed E-state index contributed by atoms with van der Waals surface area (Å²) >= 11 is 0. The van der Waals surface area contributed by atoms with Crippen LogP contribution in [0.1, 0.15) is 17.3 Å². The molecule has 104 valence electrons. The molecule has 19 heavy (non-hydrogen) atoms. The van der Waals surface area contributed by atoms with Gasteiger partial charge in [-0.3, -0.25) is 4.79 Å². The van der Waals surface area contributed by atoms with E-state index in [1.54, 1.807) is 23.1 Å². The second kappa shape index (κ2) is 5.46. The molecule has 2 atom stereocenters. The van der Waals surface area contributed by atoms with Crippen molar-refractivity contribution in [1.82, 2.24) is 5.32 Å². The molecule has 1 aliphatic heterocycles. The summed E-state index contributed by atoms with van der Waals surface area (Å²) in [6.07, 6.45) is -1.60. The first kappa shape index (κ1) is 13.6. The van der Waals surface area contributed by atoms with Crippen LogP contribution in [0.3, 0.4) is 0 Å². The number of rotatable bonds is 3. The lowest BCUT2D eigenvalue weighted by atomic mass is 10.1. The van der Waals surface area contributed by atoms with Crippen molar-refractivity contribution in [3.63, 3.8) is 0 Å². The van der Waals surface area contributed by atoms with Crippen LogP contribution >= 0.6 is 0 Å². The summed E-state index contributed by atoms with van der Waals surface area (Å²) in [5.74, 6) is -0.187. The minimum absolute atomic E-state index is 0.187. The number of nitrogens with zero attached hydrogens (tertiary/aromatic N) is 1. The van der Waals surface area contributed by atoms with E-state index in [-0.39, 0.29) is 19.0 Å². The van der Waals surface area contributed by atoms with Crippen molar-refractivity contribution in [2.24, 2.45) is 0 Å². The number of hydrogen-bond acceptors (Lipinski definition) is 5. The highest BCUT2D eigenvalue weighted by Crippen LogP contribution is 2.27. The number of carbonyl (C=O) groups is 1. The van der Waals surface area contributed by atoms with Gasteiger partial charge in [0.25, 0.3) is 5.91 Å². The Kier molecular flexibility index (Phi) is 3.92. The van der Waals surface area contributed by atoms with Crippen LogP contribution in [-0.4, -0.2) is 48.0 Å². The van der Waals surface area contributed by atoms with Gasteiger partial charge in [0.1, 0.15) is 0 Å². The smallest absolute Gasteiger partial charge is 0.253 e. The van der Waals surface area contributed by atoms with Gasteiger partial charge < -0.3 is 26.2 Å². The number of benzene rings is 1. The zero-order valence-corrected chi connectivity index (χ0v) is 10.8. The number of carbonyl (C=O) groups excluding carboxylic acids is 1. The third-order valence-electron chi connectivity index (χ3n) is 3.20. The molecule has 6 heteroatoms. The standard InChI is InChI=1S/C13H19N3O3/c1-2-15-13(19)9-4-3-8(14)5-10(9)16-6-11(17)12(18)7-16/h3-5,11-12,17-18H,2,6-7,14H2,1H3,(H,15,19). The van der Waals surface area contributed by atoms with Gasteiger partial charge in [-0.25, -0.2) is 0 Å². The zero-order chi connectivity index (χ0) is 14.0. The maximum Gasteiger partial charge on any atom is 0.253 e. The summed E-state index contributed by atoms with van der Waals surface area (Å²) < 4.78 is 0. The Labute approximate surface area is 111 Å².